The van der Waals surface area contributed by atoms with Gasteiger partial charge in [-0.3, -0.25) is 0 Å². The lowest BCUT2D eigenvalue weighted by Crippen LogP contribution is -2.35. The Morgan fingerprint density at radius 2 is 1.37 bits per heavy atom. The van der Waals surface area contributed by atoms with Crippen molar-refractivity contribution < 1.29 is 14.2 Å². The lowest BCUT2D eigenvalue weighted by molar-refractivity contribution is -0.0563. The molecule has 3 nitrogen and oxygen atoms in total. The molecule has 5 rings (SSSR count). The summed E-state index contributed by atoms with van der Waals surface area (Å²) in [6.45, 7) is 9.63. The van der Waals surface area contributed by atoms with Crippen LogP contribution >= 0.6 is 0 Å². The number of epoxide rings is 2. The molecule has 0 amide bonds. The van der Waals surface area contributed by atoms with Gasteiger partial charge in [0.25, 0.3) is 0 Å². The molecule has 0 bridgehead atoms. The molecule has 3 heterocycles. The third kappa shape index (κ3) is 5.44. The fourth-order valence-electron chi connectivity index (χ4n) is 6.67. The van der Waals surface area contributed by atoms with Gasteiger partial charge in [-0.05, 0) is 95.8 Å². The van der Waals surface area contributed by atoms with E-state index < -0.39 is 0 Å². The first-order chi connectivity index (χ1) is 14.5. The molecule has 8 unspecified atom stereocenters. The highest BCUT2D eigenvalue weighted by Gasteiger charge is 2.56. The maximum absolute atomic E-state index is 6.35. The van der Waals surface area contributed by atoms with Gasteiger partial charge in [0, 0.05) is 6.61 Å². The molecule has 5 aliphatic rings. The average molecular weight is 421 g/mol. The van der Waals surface area contributed by atoms with E-state index in [0.29, 0.717) is 18.3 Å². The number of hydrogen-bond acceptors (Lipinski definition) is 3. The normalized spacial score (nSPS) is 47.2. The molecule has 3 heteroatoms. The van der Waals surface area contributed by atoms with Crippen LogP contribution in [0.5, 0.6) is 0 Å². The molecule has 2 saturated carbocycles. The minimum absolute atomic E-state index is 0.247. The van der Waals surface area contributed by atoms with Gasteiger partial charge in [0.2, 0.25) is 0 Å². The van der Waals surface area contributed by atoms with Crippen molar-refractivity contribution in [3.8, 4) is 0 Å². The van der Waals surface area contributed by atoms with Gasteiger partial charge in [-0.2, -0.15) is 0 Å². The van der Waals surface area contributed by atoms with Gasteiger partial charge in [-0.15, -0.1) is 0 Å². The Kier molecular flexibility index (Phi) is 7.52. The fraction of sp³-hybridized carbons (Fsp3) is 1.00. The van der Waals surface area contributed by atoms with Gasteiger partial charge < -0.3 is 14.2 Å². The van der Waals surface area contributed by atoms with Crippen LogP contribution in [0.25, 0.3) is 0 Å². The van der Waals surface area contributed by atoms with Gasteiger partial charge >= 0.3 is 0 Å². The van der Waals surface area contributed by atoms with E-state index >= 15 is 0 Å². The molecule has 3 aliphatic heterocycles. The molecule has 0 aromatic carbocycles. The third-order valence-corrected chi connectivity index (χ3v) is 9.14. The zero-order valence-corrected chi connectivity index (χ0v) is 20.3. The summed E-state index contributed by atoms with van der Waals surface area (Å²) in [7, 11) is 0. The second-order valence-electron chi connectivity index (χ2n) is 11.3. The molecule has 0 spiro atoms. The van der Waals surface area contributed by atoms with Crippen molar-refractivity contribution in [3.05, 3.63) is 0 Å². The Hall–Kier alpha value is -0.120. The molecule has 0 aromatic heterocycles. The van der Waals surface area contributed by atoms with Crippen LogP contribution in [0, 0.1) is 17.8 Å². The van der Waals surface area contributed by atoms with Gasteiger partial charge in [0.15, 0.2) is 0 Å². The van der Waals surface area contributed by atoms with Crippen molar-refractivity contribution >= 4 is 0 Å². The zero-order chi connectivity index (χ0) is 21.2. The van der Waals surface area contributed by atoms with E-state index in [0.717, 1.165) is 24.4 Å². The highest BCUT2D eigenvalue weighted by atomic mass is 16.6. The zero-order valence-electron chi connectivity index (χ0n) is 20.3. The Bertz CT molecular complexity index is 542. The highest BCUT2D eigenvalue weighted by Crippen LogP contribution is 2.51. The van der Waals surface area contributed by atoms with Crippen molar-refractivity contribution in [1.29, 1.82) is 0 Å². The topological polar surface area (TPSA) is 34.3 Å². The monoisotopic (exact) mass is 420 g/mol. The standard InChI is InChI=1S/C25H42O3.C2H6/c1-24-14-12-18(9-11-22(24)27-24)6-4-3-5-7-19-8-10-21(26-17-19)20-13-15-25(2)23(16-20)28-25;1-2/h18-23H,3-17H2,1-2H3;1-2H3. The van der Waals surface area contributed by atoms with Crippen molar-refractivity contribution in [2.75, 3.05) is 6.61 Å². The summed E-state index contributed by atoms with van der Waals surface area (Å²) in [6.07, 6.45) is 20.7. The summed E-state index contributed by atoms with van der Waals surface area (Å²) in [5.74, 6) is 2.56. The first kappa shape index (κ1) is 23.1. The SMILES string of the molecule is CC.CC12CCC(CCCCCC3CCC(C4CCC5(C)OC5C4)OC3)CCC1O2. The number of ether oxygens (including phenoxy) is 3. The Labute approximate surface area is 186 Å². The summed E-state index contributed by atoms with van der Waals surface area (Å²) in [5, 5.41) is 0. The van der Waals surface area contributed by atoms with Crippen LogP contribution in [0.2, 0.25) is 0 Å². The molecule has 174 valence electrons. The number of rotatable bonds is 7. The third-order valence-electron chi connectivity index (χ3n) is 9.14. The van der Waals surface area contributed by atoms with Crippen LogP contribution < -0.4 is 0 Å². The van der Waals surface area contributed by atoms with Crippen molar-refractivity contribution in [1.82, 2.24) is 0 Å². The van der Waals surface area contributed by atoms with Crippen LogP contribution in [0.15, 0.2) is 0 Å². The average Bonchev–Trinajstić information content (AvgIpc) is 3.64. The van der Waals surface area contributed by atoms with Crippen LogP contribution in [-0.2, 0) is 14.2 Å². The van der Waals surface area contributed by atoms with Crippen molar-refractivity contribution in [2.24, 2.45) is 17.8 Å². The smallest absolute Gasteiger partial charge is 0.0920 e. The van der Waals surface area contributed by atoms with Crippen LogP contribution in [0.1, 0.15) is 118 Å². The Morgan fingerprint density at radius 1 is 0.700 bits per heavy atom. The van der Waals surface area contributed by atoms with E-state index in [1.54, 1.807) is 0 Å². The molecular weight excluding hydrogens is 372 g/mol. The summed E-state index contributed by atoms with van der Waals surface area (Å²) < 4.78 is 18.1. The van der Waals surface area contributed by atoms with E-state index in [1.807, 2.05) is 13.8 Å². The quantitative estimate of drug-likeness (QED) is 0.326. The van der Waals surface area contributed by atoms with E-state index in [1.165, 1.54) is 89.9 Å². The summed E-state index contributed by atoms with van der Waals surface area (Å²) in [4.78, 5) is 0. The van der Waals surface area contributed by atoms with E-state index in [4.69, 9.17) is 14.2 Å². The summed E-state index contributed by atoms with van der Waals surface area (Å²) in [6, 6.07) is 0. The van der Waals surface area contributed by atoms with Crippen LogP contribution in [-0.4, -0.2) is 36.1 Å². The number of hydrogen-bond donors (Lipinski definition) is 0. The lowest BCUT2D eigenvalue weighted by atomic mass is 9.77. The Morgan fingerprint density at radius 3 is 2.10 bits per heavy atom. The van der Waals surface area contributed by atoms with Gasteiger partial charge in [0.05, 0.1) is 29.5 Å². The van der Waals surface area contributed by atoms with Crippen LogP contribution in [0.3, 0.4) is 0 Å². The molecule has 5 fully saturated rings. The first-order valence-electron chi connectivity index (χ1n) is 13.5. The van der Waals surface area contributed by atoms with E-state index in [9.17, 15) is 0 Å². The number of unbranched alkanes of at least 4 members (excludes halogenated alkanes) is 2. The van der Waals surface area contributed by atoms with Gasteiger partial charge in [-0.25, -0.2) is 0 Å². The minimum atomic E-state index is 0.247. The molecule has 0 radical (unpaired) electrons. The molecule has 8 atom stereocenters. The fourth-order valence-corrected chi connectivity index (χ4v) is 6.67. The number of fused-ring (bicyclic) bond motifs is 2. The maximum Gasteiger partial charge on any atom is 0.0920 e. The summed E-state index contributed by atoms with van der Waals surface area (Å²) in [5.41, 5.74) is 0.521. The van der Waals surface area contributed by atoms with Gasteiger partial charge in [-0.1, -0.05) is 39.5 Å². The first-order valence-corrected chi connectivity index (χ1v) is 13.5. The minimum Gasteiger partial charge on any atom is -0.378 e. The maximum atomic E-state index is 6.35. The molecule has 0 aromatic rings. The van der Waals surface area contributed by atoms with Crippen LogP contribution in [0.4, 0.5) is 0 Å². The molecule has 0 N–H and O–H groups in total. The predicted octanol–water partition coefficient (Wildman–Crippen LogP) is 7.06. The Balaban J connectivity index is 0.00000106. The predicted molar refractivity (Wildman–Crippen MR) is 123 cm³/mol. The van der Waals surface area contributed by atoms with E-state index in [-0.39, 0.29) is 11.2 Å². The molecule has 30 heavy (non-hydrogen) atoms. The molecule has 3 saturated heterocycles. The largest absolute Gasteiger partial charge is 0.378 e. The molecule has 2 aliphatic carbocycles. The van der Waals surface area contributed by atoms with E-state index in [2.05, 4.69) is 13.8 Å². The second kappa shape index (κ2) is 9.79. The second-order valence-corrected chi connectivity index (χ2v) is 11.3. The molecular formula is C27H48O3. The van der Waals surface area contributed by atoms with Crippen molar-refractivity contribution in [2.45, 2.75) is 147 Å². The van der Waals surface area contributed by atoms with Gasteiger partial charge in [0.1, 0.15) is 0 Å². The summed E-state index contributed by atoms with van der Waals surface area (Å²) >= 11 is 0. The highest BCUT2D eigenvalue weighted by molar-refractivity contribution is 5.04. The van der Waals surface area contributed by atoms with Crippen molar-refractivity contribution in [3.63, 3.8) is 0 Å². The lowest BCUT2D eigenvalue weighted by Gasteiger charge is -2.36.